The fraction of sp³-hybridized carbons (Fsp3) is 0.158. The summed E-state index contributed by atoms with van der Waals surface area (Å²) in [7, 11) is 0. The lowest BCUT2D eigenvalue weighted by Gasteiger charge is -2.27. The molecular formula is C19H16. The second-order valence-electron chi connectivity index (χ2n) is 5.54. The average molecular weight is 244 g/mol. The molecule has 0 fully saturated rings. The van der Waals surface area contributed by atoms with Crippen LogP contribution in [0.1, 0.15) is 24.0 Å². The van der Waals surface area contributed by atoms with Crippen LogP contribution < -0.4 is 10.4 Å². The molecule has 1 spiro atoms. The minimum absolute atomic E-state index is 0.166. The summed E-state index contributed by atoms with van der Waals surface area (Å²) in [5, 5.41) is 2.70. The first kappa shape index (κ1) is 10.8. The number of hydrogen-bond donors (Lipinski definition) is 0. The van der Waals surface area contributed by atoms with E-state index in [2.05, 4.69) is 72.8 Å². The molecule has 0 heteroatoms. The Morgan fingerprint density at radius 2 is 1.42 bits per heavy atom. The lowest BCUT2D eigenvalue weighted by atomic mass is 9.76. The molecule has 0 amide bonds. The van der Waals surface area contributed by atoms with Crippen molar-refractivity contribution in [3.05, 3.63) is 82.2 Å². The van der Waals surface area contributed by atoms with Gasteiger partial charge in [-0.15, -0.1) is 0 Å². The molecular weight excluding hydrogens is 228 g/mol. The van der Waals surface area contributed by atoms with Crippen molar-refractivity contribution < 1.29 is 0 Å². The van der Waals surface area contributed by atoms with Gasteiger partial charge < -0.3 is 0 Å². The molecule has 2 aliphatic rings. The van der Waals surface area contributed by atoms with Gasteiger partial charge in [-0.05, 0) is 40.5 Å². The second kappa shape index (κ2) is 3.96. The number of allylic oxidation sites excluding steroid dienone is 2. The van der Waals surface area contributed by atoms with Crippen LogP contribution >= 0.6 is 0 Å². The molecule has 0 bridgehead atoms. The van der Waals surface area contributed by atoms with Gasteiger partial charge in [-0.2, -0.15) is 0 Å². The molecule has 0 saturated heterocycles. The van der Waals surface area contributed by atoms with Crippen molar-refractivity contribution in [1.82, 2.24) is 0 Å². The highest BCUT2D eigenvalue weighted by Gasteiger charge is 2.32. The lowest BCUT2D eigenvalue weighted by Crippen LogP contribution is -2.28. The Labute approximate surface area is 113 Å². The molecule has 0 N–H and O–H groups in total. The third kappa shape index (κ3) is 1.60. The maximum atomic E-state index is 2.48. The molecule has 0 heterocycles. The molecule has 0 nitrogen and oxygen atoms in total. The Morgan fingerprint density at radius 1 is 0.737 bits per heavy atom. The molecule has 19 heavy (non-hydrogen) atoms. The van der Waals surface area contributed by atoms with Gasteiger partial charge in [0.25, 0.3) is 0 Å². The average Bonchev–Trinajstić information content (AvgIpc) is 2.85. The van der Waals surface area contributed by atoms with Gasteiger partial charge in [-0.1, -0.05) is 66.8 Å². The third-order valence-electron chi connectivity index (χ3n) is 4.37. The number of fused-ring (bicyclic) bond motifs is 3. The molecule has 0 unspecified atom stereocenters. The van der Waals surface area contributed by atoms with Gasteiger partial charge in [-0.25, -0.2) is 0 Å². The first-order valence-corrected chi connectivity index (χ1v) is 6.92. The van der Waals surface area contributed by atoms with Crippen molar-refractivity contribution in [3.63, 3.8) is 0 Å². The minimum Gasteiger partial charge on any atom is -0.0873 e. The van der Waals surface area contributed by atoms with E-state index in [1.54, 1.807) is 0 Å². The smallest absolute Gasteiger partial charge is 0.0216 e. The normalized spacial score (nSPS) is 18.1. The third-order valence-corrected chi connectivity index (χ3v) is 4.37. The van der Waals surface area contributed by atoms with Gasteiger partial charge in [0, 0.05) is 5.41 Å². The highest BCUT2D eigenvalue weighted by Crippen LogP contribution is 2.40. The van der Waals surface area contributed by atoms with Gasteiger partial charge in [0.15, 0.2) is 0 Å². The molecule has 2 aromatic rings. The molecule has 0 saturated carbocycles. The van der Waals surface area contributed by atoms with E-state index in [-0.39, 0.29) is 5.41 Å². The van der Waals surface area contributed by atoms with Crippen LogP contribution in [0.4, 0.5) is 0 Å². The van der Waals surface area contributed by atoms with E-state index in [9.17, 15) is 0 Å². The maximum Gasteiger partial charge on any atom is 0.0216 e. The standard InChI is InChI=1S/C19H16/c1-2-9-17-14-19(11-5-6-12-19)18-10-4-3-8-16(18)13-15(17)7-1/h1-10,13-14H,11-12H2. The number of benzene rings is 2. The summed E-state index contributed by atoms with van der Waals surface area (Å²) in [6.07, 6.45) is 11.7. The van der Waals surface area contributed by atoms with E-state index >= 15 is 0 Å². The van der Waals surface area contributed by atoms with Crippen molar-refractivity contribution in [1.29, 1.82) is 0 Å². The predicted octanol–water partition coefficient (Wildman–Crippen LogP) is 2.90. The zero-order chi connectivity index (χ0) is 12.7. The van der Waals surface area contributed by atoms with Crippen molar-refractivity contribution in [2.75, 3.05) is 0 Å². The van der Waals surface area contributed by atoms with Gasteiger partial charge in [0.05, 0.1) is 0 Å². The Morgan fingerprint density at radius 3 is 2.26 bits per heavy atom. The van der Waals surface area contributed by atoms with Crippen LogP contribution in [-0.4, -0.2) is 0 Å². The van der Waals surface area contributed by atoms with Crippen molar-refractivity contribution in [2.45, 2.75) is 18.3 Å². The number of rotatable bonds is 0. The van der Waals surface area contributed by atoms with Crippen LogP contribution in [-0.2, 0) is 5.41 Å². The zero-order valence-electron chi connectivity index (χ0n) is 10.8. The summed E-state index contributed by atoms with van der Waals surface area (Å²) in [6, 6.07) is 17.5. The minimum atomic E-state index is 0.166. The highest BCUT2D eigenvalue weighted by molar-refractivity contribution is 5.65. The van der Waals surface area contributed by atoms with E-state index in [0.29, 0.717) is 0 Å². The Hall–Kier alpha value is -2.08. The first-order chi connectivity index (χ1) is 9.37. The van der Waals surface area contributed by atoms with E-state index in [1.165, 1.54) is 21.6 Å². The van der Waals surface area contributed by atoms with E-state index < -0.39 is 0 Å². The van der Waals surface area contributed by atoms with Crippen molar-refractivity contribution in [3.8, 4) is 0 Å². The van der Waals surface area contributed by atoms with E-state index in [4.69, 9.17) is 0 Å². The van der Waals surface area contributed by atoms with Crippen molar-refractivity contribution in [2.24, 2.45) is 0 Å². The zero-order valence-corrected chi connectivity index (χ0v) is 10.8. The molecule has 0 atom stereocenters. The summed E-state index contributed by atoms with van der Waals surface area (Å²) >= 11 is 0. The van der Waals surface area contributed by atoms with Gasteiger partial charge >= 0.3 is 0 Å². The van der Waals surface area contributed by atoms with Crippen LogP contribution in [0.2, 0.25) is 0 Å². The lowest BCUT2D eigenvalue weighted by molar-refractivity contribution is 0.617. The topological polar surface area (TPSA) is 0 Å². The summed E-state index contributed by atoms with van der Waals surface area (Å²) in [5.74, 6) is 0. The Kier molecular flexibility index (Phi) is 2.25. The fourth-order valence-electron chi connectivity index (χ4n) is 3.40. The molecule has 2 aromatic carbocycles. The van der Waals surface area contributed by atoms with Crippen molar-refractivity contribution >= 4 is 12.2 Å². The molecule has 0 radical (unpaired) electrons. The SMILES string of the molecule is C1=CCC2(C=c3ccccc3=Cc3ccccc32)C1. The molecule has 0 aliphatic heterocycles. The van der Waals surface area contributed by atoms with Crippen LogP contribution in [0.25, 0.3) is 12.2 Å². The van der Waals surface area contributed by atoms with Gasteiger partial charge in [0.1, 0.15) is 0 Å². The summed E-state index contributed by atoms with van der Waals surface area (Å²) in [5.41, 5.74) is 3.00. The summed E-state index contributed by atoms with van der Waals surface area (Å²) in [4.78, 5) is 0. The second-order valence-corrected chi connectivity index (χ2v) is 5.54. The first-order valence-electron chi connectivity index (χ1n) is 6.92. The number of hydrogen-bond acceptors (Lipinski definition) is 0. The van der Waals surface area contributed by atoms with E-state index in [1.807, 2.05) is 0 Å². The fourth-order valence-corrected chi connectivity index (χ4v) is 3.40. The van der Waals surface area contributed by atoms with Gasteiger partial charge in [0.2, 0.25) is 0 Å². The maximum absolute atomic E-state index is 2.48. The van der Waals surface area contributed by atoms with Crippen LogP contribution in [0, 0.1) is 0 Å². The quantitative estimate of drug-likeness (QED) is 0.625. The van der Waals surface area contributed by atoms with E-state index in [0.717, 1.165) is 12.8 Å². The van der Waals surface area contributed by atoms with Gasteiger partial charge in [-0.3, -0.25) is 0 Å². The molecule has 2 aliphatic carbocycles. The van der Waals surface area contributed by atoms with Crippen LogP contribution in [0.5, 0.6) is 0 Å². The molecule has 0 aromatic heterocycles. The monoisotopic (exact) mass is 244 g/mol. The summed E-state index contributed by atoms with van der Waals surface area (Å²) < 4.78 is 0. The van der Waals surface area contributed by atoms with Crippen LogP contribution in [0.15, 0.2) is 60.7 Å². The predicted molar refractivity (Wildman–Crippen MR) is 80.2 cm³/mol. The molecule has 92 valence electrons. The Bertz CT molecular complexity index is 770. The summed E-state index contributed by atoms with van der Waals surface area (Å²) in [6.45, 7) is 0. The van der Waals surface area contributed by atoms with Crippen LogP contribution in [0.3, 0.4) is 0 Å². The highest BCUT2D eigenvalue weighted by atomic mass is 14.4. The molecule has 4 rings (SSSR count). The Balaban J connectivity index is 2.12. The largest absolute Gasteiger partial charge is 0.0873 e.